The molecule has 5 rings (SSSR count). The number of carbonyl (C=O) groups excluding carboxylic acids is 1. The van der Waals surface area contributed by atoms with Gasteiger partial charge in [0, 0.05) is 58.9 Å². The number of piperidine rings is 1. The number of methoxy groups -OCH3 is 1. The van der Waals surface area contributed by atoms with Gasteiger partial charge in [-0.1, -0.05) is 48.5 Å². The fourth-order valence-electron chi connectivity index (χ4n) is 5.82. The highest BCUT2D eigenvalue weighted by Crippen LogP contribution is 2.26. The van der Waals surface area contributed by atoms with Crippen LogP contribution in [0.15, 0.2) is 66.7 Å². The highest BCUT2D eigenvalue weighted by Gasteiger charge is 2.33. The molecule has 2 fully saturated rings. The number of carbonyl (C=O) groups is 1. The maximum atomic E-state index is 13.4. The fraction of sp³-hybridized carbons (Fsp3) is 0.452. The smallest absolute Gasteiger partial charge is 0.224 e. The van der Waals surface area contributed by atoms with E-state index >= 15 is 0 Å². The molecule has 2 atom stereocenters. The van der Waals surface area contributed by atoms with Crippen LogP contribution < -0.4 is 10.1 Å². The molecule has 1 amide bonds. The van der Waals surface area contributed by atoms with Crippen LogP contribution in [0, 0.1) is 11.8 Å². The molecule has 0 spiro atoms. The number of ether oxygens (including phenoxy) is 1. The Bertz CT molecular complexity index is 1170. The summed E-state index contributed by atoms with van der Waals surface area (Å²) in [5.41, 5.74) is 2.41. The quantitative estimate of drug-likeness (QED) is 0.509. The SMILES string of the molecule is COc1ccc(CNC(=O)[C@@H]2C[C@H](CN3CCN(C)CC3)CN(Cc3ccc4ccccc4c3)C2)cc1. The van der Waals surface area contributed by atoms with Crippen molar-refractivity contribution in [2.45, 2.75) is 19.5 Å². The van der Waals surface area contributed by atoms with Gasteiger partial charge in [0.05, 0.1) is 13.0 Å². The number of likely N-dealkylation sites (tertiary alicyclic amines) is 1. The van der Waals surface area contributed by atoms with Crippen molar-refractivity contribution in [3.63, 3.8) is 0 Å². The number of piperazine rings is 1. The molecule has 1 N–H and O–H groups in total. The molecule has 0 aromatic heterocycles. The minimum Gasteiger partial charge on any atom is -0.497 e. The van der Waals surface area contributed by atoms with Crippen molar-refractivity contribution in [1.29, 1.82) is 0 Å². The summed E-state index contributed by atoms with van der Waals surface area (Å²) in [6, 6.07) is 23.2. The van der Waals surface area contributed by atoms with Crippen molar-refractivity contribution in [2.75, 3.05) is 60.0 Å². The largest absolute Gasteiger partial charge is 0.497 e. The maximum absolute atomic E-state index is 13.4. The lowest BCUT2D eigenvalue weighted by Crippen LogP contribution is -2.51. The highest BCUT2D eigenvalue weighted by molar-refractivity contribution is 5.83. The van der Waals surface area contributed by atoms with Crippen molar-refractivity contribution >= 4 is 16.7 Å². The lowest BCUT2D eigenvalue weighted by molar-refractivity contribution is -0.128. The van der Waals surface area contributed by atoms with Crippen LogP contribution in [0.4, 0.5) is 0 Å². The number of nitrogens with one attached hydrogen (secondary N) is 1. The molecule has 6 nitrogen and oxygen atoms in total. The molecule has 0 unspecified atom stereocenters. The van der Waals surface area contributed by atoms with E-state index in [0.29, 0.717) is 12.5 Å². The second-order valence-corrected chi connectivity index (χ2v) is 10.8. The van der Waals surface area contributed by atoms with E-state index in [2.05, 4.69) is 69.5 Å². The molecule has 0 aliphatic carbocycles. The zero-order valence-electron chi connectivity index (χ0n) is 22.2. The van der Waals surface area contributed by atoms with Gasteiger partial charge in [-0.15, -0.1) is 0 Å². The molecule has 2 heterocycles. The van der Waals surface area contributed by atoms with Crippen LogP contribution in [0.1, 0.15) is 17.5 Å². The molecular formula is C31H40N4O2. The third kappa shape index (κ3) is 6.89. The lowest BCUT2D eigenvalue weighted by atomic mass is 9.87. The molecular weight excluding hydrogens is 460 g/mol. The van der Waals surface area contributed by atoms with Gasteiger partial charge in [-0.2, -0.15) is 0 Å². The summed E-state index contributed by atoms with van der Waals surface area (Å²) in [7, 11) is 3.87. The first kappa shape index (κ1) is 25.7. The van der Waals surface area contributed by atoms with E-state index in [1.54, 1.807) is 7.11 Å². The van der Waals surface area contributed by atoms with Crippen LogP contribution >= 0.6 is 0 Å². The zero-order chi connectivity index (χ0) is 25.6. The van der Waals surface area contributed by atoms with Gasteiger partial charge < -0.3 is 19.9 Å². The van der Waals surface area contributed by atoms with E-state index < -0.39 is 0 Å². The Kier molecular flexibility index (Phi) is 8.39. The first-order valence-electron chi connectivity index (χ1n) is 13.6. The summed E-state index contributed by atoms with van der Waals surface area (Å²) in [5, 5.41) is 5.77. The molecule has 3 aromatic rings. The van der Waals surface area contributed by atoms with E-state index in [9.17, 15) is 4.79 Å². The maximum Gasteiger partial charge on any atom is 0.224 e. The number of amides is 1. The van der Waals surface area contributed by atoms with Gasteiger partial charge in [-0.25, -0.2) is 0 Å². The topological polar surface area (TPSA) is 48.1 Å². The van der Waals surface area contributed by atoms with Crippen LogP contribution in [0.5, 0.6) is 5.75 Å². The molecule has 6 heteroatoms. The Morgan fingerprint density at radius 2 is 1.62 bits per heavy atom. The predicted molar refractivity (Wildman–Crippen MR) is 150 cm³/mol. The molecule has 2 aliphatic heterocycles. The zero-order valence-corrected chi connectivity index (χ0v) is 22.2. The summed E-state index contributed by atoms with van der Waals surface area (Å²) in [4.78, 5) is 20.9. The Balaban J connectivity index is 1.25. The van der Waals surface area contributed by atoms with Crippen molar-refractivity contribution in [3.8, 4) is 5.75 Å². The molecule has 196 valence electrons. The van der Waals surface area contributed by atoms with Crippen LogP contribution in [-0.2, 0) is 17.9 Å². The van der Waals surface area contributed by atoms with Gasteiger partial charge in [-0.3, -0.25) is 9.69 Å². The number of likely N-dealkylation sites (N-methyl/N-ethyl adjacent to an activating group) is 1. The van der Waals surface area contributed by atoms with E-state index in [-0.39, 0.29) is 11.8 Å². The molecule has 2 aliphatic rings. The van der Waals surface area contributed by atoms with Crippen molar-refractivity contribution in [2.24, 2.45) is 11.8 Å². The first-order valence-corrected chi connectivity index (χ1v) is 13.6. The monoisotopic (exact) mass is 500 g/mol. The lowest BCUT2D eigenvalue weighted by Gasteiger charge is -2.41. The number of rotatable bonds is 8. The third-order valence-corrected chi connectivity index (χ3v) is 7.94. The fourth-order valence-corrected chi connectivity index (χ4v) is 5.82. The first-order chi connectivity index (χ1) is 18.1. The van der Waals surface area contributed by atoms with Gasteiger partial charge in [0.1, 0.15) is 5.75 Å². The van der Waals surface area contributed by atoms with E-state index in [4.69, 9.17) is 4.74 Å². The Hall–Kier alpha value is -2.93. The van der Waals surface area contributed by atoms with Gasteiger partial charge >= 0.3 is 0 Å². The van der Waals surface area contributed by atoms with Crippen molar-refractivity contribution in [1.82, 2.24) is 20.0 Å². The summed E-state index contributed by atoms with van der Waals surface area (Å²) < 4.78 is 5.25. The normalized spacial score (nSPS) is 21.7. The summed E-state index contributed by atoms with van der Waals surface area (Å²) in [6.07, 6.45) is 0.953. The standard InChI is InChI=1S/C31H40N4O2/c1-33-13-15-34(16-14-33)21-26-18-29(31(36)32-19-24-8-11-30(37-2)12-9-24)23-35(22-26)20-25-7-10-27-5-3-4-6-28(27)17-25/h3-12,17,26,29H,13-16,18-23H2,1-2H3,(H,32,36)/t26-,29-/m1/s1. The van der Waals surface area contributed by atoms with Gasteiger partial charge in [-0.05, 0) is 59.5 Å². The average molecular weight is 501 g/mol. The van der Waals surface area contributed by atoms with Gasteiger partial charge in [0.15, 0.2) is 0 Å². The number of hydrogen-bond acceptors (Lipinski definition) is 5. The Labute approximate surface area is 221 Å². The Morgan fingerprint density at radius 1 is 0.892 bits per heavy atom. The number of nitrogens with zero attached hydrogens (tertiary/aromatic N) is 3. The summed E-state index contributed by atoms with van der Waals surface area (Å²) in [6.45, 7) is 8.84. The molecule has 0 bridgehead atoms. The van der Waals surface area contributed by atoms with Crippen molar-refractivity contribution < 1.29 is 9.53 Å². The number of hydrogen-bond donors (Lipinski definition) is 1. The molecule has 3 aromatic carbocycles. The van der Waals surface area contributed by atoms with E-state index in [0.717, 1.165) is 70.1 Å². The molecule has 37 heavy (non-hydrogen) atoms. The third-order valence-electron chi connectivity index (χ3n) is 7.94. The van der Waals surface area contributed by atoms with E-state index in [1.165, 1.54) is 16.3 Å². The van der Waals surface area contributed by atoms with Crippen LogP contribution in [0.2, 0.25) is 0 Å². The van der Waals surface area contributed by atoms with Crippen LogP contribution in [0.25, 0.3) is 10.8 Å². The molecule has 0 saturated carbocycles. The Morgan fingerprint density at radius 3 is 2.38 bits per heavy atom. The predicted octanol–water partition coefficient (Wildman–Crippen LogP) is 3.85. The van der Waals surface area contributed by atoms with E-state index in [1.807, 2.05) is 24.3 Å². The van der Waals surface area contributed by atoms with Crippen LogP contribution in [0.3, 0.4) is 0 Å². The second-order valence-electron chi connectivity index (χ2n) is 10.8. The van der Waals surface area contributed by atoms with Gasteiger partial charge in [0.2, 0.25) is 5.91 Å². The minimum absolute atomic E-state index is 0.00455. The highest BCUT2D eigenvalue weighted by atomic mass is 16.5. The van der Waals surface area contributed by atoms with Crippen molar-refractivity contribution in [3.05, 3.63) is 77.9 Å². The van der Waals surface area contributed by atoms with Crippen LogP contribution in [-0.4, -0.2) is 80.6 Å². The molecule has 2 saturated heterocycles. The molecule has 0 radical (unpaired) electrons. The number of fused-ring (bicyclic) bond motifs is 1. The average Bonchev–Trinajstić information content (AvgIpc) is 2.93. The summed E-state index contributed by atoms with van der Waals surface area (Å²) in [5.74, 6) is 1.50. The second kappa shape index (κ2) is 12.1. The van der Waals surface area contributed by atoms with Gasteiger partial charge in [0.25, 0.3) is 0 Å². The summed E-state index contributed by atoms with van der Waals surface area (Å²) >= 11 is 0. The number of benzene rings is 3. The minimum atomic E-state index is 0.00455.